The number of hydrogen-bond acceptors (Lipinski definition) is 6. The van der Waals surface area contributed by atoms with E-state index in [0.717, 1.165) is 17.0 Å². The zero-order chi connectivity index (χ0) is 22.1. The second-order valence-corrected chi connectivity index (χ2v) is 7.90. The molecule has 2 aromatic heterocycles. The third-order valence-electron chi connectivity index (χ3n) is 5.37. The van der Waals surface area contributed by atoms with Crippen molar-refractivity contribution in [3.05, 3.63) is 52.9 Å². The second-order valence-electron chi connectivity index (χ2n) is 7.51. The van der Waals surface area contributed by atoms with Crippen molar-refractivity contribution in [3.63, 3.8) is 0 Å². The first kappa shape index (κ1) is 20.9. The van der Waals surface area contributed by atoms with Crippen molar-refractivity contribution < 1.29 is 14.3 Å². The molecule has 1 saturated heterocycles. The molecule has 1 atom stereocenters. The van der Waals surface area contributed by atoms with E-state index in [-0.39, 0.29) is 16.8 Å². The molecule has 2 amide bonds. The Bertz CT molecular complexity index is 1130. The molecule has 0 unspecified atom stereocenters. The maximum absolute atomic E-state index is 12.8. The van der Waals surface area contributed by atoms with E-state index in [2.05, 4.69) is 15.4 Å². The third-order valence-corrected chi connectivity index (χ3v) is 5.56. The minimum absolute atomic E-state index is 0.104. The lowest BCUT2D eigenvalue weighted by Gasteiger charge is -2.20. The average molecular weight is 443 g/mol. The minimum Gasteiger partial charge on any atom is -0.497 e. The second kappa shape index (κ2) is 8.43. The van der Waals surface area contributed by atoms with Crippen LogP contribution in [-0.2, 0) is 11.3 Å². The number of ether oxygens (including phenoxy) is 1. The number of likely N-dealkylation sites (N-methyl/N-ethyl adjacent to an activating group) is 1. The third kappa shape index (κ3) is 4.13. The molecule has 3 aromatic rings. The van der Waals surface area contributed by atoms with Gasteiger partial charge in [0, 0.05) is 33.3 Å². The molecular weight excluding hydrogens is 420 g/mol. The van der Waals surface area contributed by atoms with Crippen LogP contribution in [0, 0.1) is 0 Å². The molecule has 0 radical (unpaired) electrons. The van der Waals surface area contributed by atoms with Crippen LogP contribution in [0.4, 0.5) is 5.69 Å². The van der Waals surface area contributed by atoms with Crippen molar-refractivity contribution in [2.24, 2.45) is 0 Å². The fraction of sp³-hybridized carbons (Fsp3) is 0.333. The summed E-state index contributed by atoms with van der Waals surface area (Å²) in [6, 6.07) is 8.94. The summed E-state index contributed by atoms with van der Waals surface area (Å²) in [6.07, 6.45) is 2.02. The lowest BCUT2D eigenvalue weighted by Crippen LogP contribution is -2.41. The number of anilines is 1. The molecule has 0 saturated carbocycles. The van der Waals surface area contributed by atoms with Gasteiger partial charge >= 0.3 is 0 Å². The summed E-state index contributed by atoms with van der Waals surface area (Å²) < 4.78 is 6.62. The summed E-state index contributed by atoms with van der Waals surface area (Å²) in [4.78, 5) is 32.9. The number of hydrogen-bond donors (Lipinski definition) is 1. The van der Waals surface area contributed by atoms with Gasteiger partial charge in [-0.2, -0.15) is 5.10 Å². The number of amides is 2. The zero-order valence-electron chi connectivity index (χ0n) is 17.5. The molecule has 1 fully saturated rings. The monoisotopic (exact) mass is 442 g/mol. The number of carbonyl (C=O) groups is 2. The summed E-state index contributed by atoms with van der Waals surface area (Å²) >= 11 is 6.26. The molecule has 1 N–H and O–H groups in total. The molecular formula is C21H23ClN6O3. The van der Waals surface area contributed by atoms with Crippen LogP contribution in [0.2, 0.25) is 5.15 Å². The van der Waals surface area contributed by atoms with Gasteiger partial charge in [0.1, 0.15) is 11.8 Å². The largest absolute Gasteiger partial charge is 0.497 e. The highest BCUT2D eigenvalue weighted by Gasteiger charge is 2.31. The van der Waals surface area contributed by atoms with Gasteiger partial charge in [-0.3, -0.25) is 9.59 Å². The molecule has 4 rings (SSSR count). The Labute approximate surface area is 184 Å². The predicted molar refractivity (Wildman–Crippen MR) is 117 cm³/mol. The van der Waals surface area contributed by atoms with E-state index in [0.29, 0.717) is 25.2 Å². The topological polar surface area (TPSA) is 92.1 Å². The maximum Gasteiger partial charge on any atom is 0.272 e. The van der Waals surface area contributed by atoms with E-state index in [1.165, 1.54) is 10.7 Å². The number of benzene rings is 1. The van der Waals surface area contributed by atoms with Crippen LogP contribution < -0.4 is 15.0 Å². The van der Waals surface area contributed by atoms with E-state index in [1.54, 1.807) is 25.1 Å². The summed E-state index contributed by atoms with van der Waals surface area (Å²) in [6.45, 7) is 1.21. The quantitative estimate of drug-likeness (QED) is 0.627. The number of carbonyl (C=O) groups excluding carboxylic acids is 2. The van der Waals surface area contributed by atoms with Crippen molar-refractivity contribution in [2.45, 2.75) is 19.0 Å². The molecule has 9 nitrogen and oxygen atoms in total. The Balaban J connectivity index is 1.59. The Kier molecular flexibility index (Phi) is 5.69. The Morgan fingerprint density at radius 1 is 1.35 bits per heavy atom. The molecule has 10 heteroatoms. The molecule has 31 heavy (non-hydrogen) atoms. The van der Waals surface area contributed by atoms with Crippen LogP contribution in [0.5, 0.6) is 5.75 Å². The normalized spacial score (nSPS) is 16.1. The van der Waals surface area contributed by atoms with Gasteiger partial charge in [-0.1, -0.05) is 23.7 Å². The molecule has 1 aliphatic rings. The smallest absolute Gasteiger partial charge is 0.272 e. The van der Waals surface area contributed by atoms with E-state index in [9.17, 15) is 9.59 Å². The van der Waals surface area contributed by atoms with Gasteiger partial charge < -0.3 is 19.9 Å². The van der Waals surface area contributed by atoms with Crippen molar-refractivity contribution in [3.8, 4) is 5.75 Å². The Morgan fingerprint density at radius 2 is 2.10 bits per heavy atom. The van der Waals surface area contributed by atoms with E-state index < -0.39 is 11.9 Å². The molecule has 0 spiro atoms. The SMILES string of the molecule is COc1ccc(CN(C)c2cc(Cl)nn3c(C(=O)N[C@H]4CCN(C)C4=O)cnc23)cc1. The number of nitrogens with one attached hydrogen (secondary N) is 1. The summed E-state index contributed by atoms with van der Waals surface area (Å²) in [5, 5.41) is 7.26. The first-order valence-corrected chi connectivity index (χ1v) is 10.2. The lowest BCUT2D eigenvalue weighted by atomic mass is 10.2. The highest BCUT2D eigenvalue weighted by atomic mass is 35.5. The number of methoxy groups -OCH3 is 1. The van der Waals surface area contributed by atoms with Gasteiger partial charge in [0.05, 0.1) is 19.0 Å². The molecule has 1 aromatic carbocycles. The van der Waals surface area contributed by atoms with Crippen LogP contribution in [0.3, 0.4) is 0 Å². The first-order chi connectivity index (χ1) is 14.9. The number of halogens is 1. The highest BCUT2D eigenvalue weighted by Crippen LogP contribution is 2.25. The molecule has 0 bridgehead atoms. The average Bonchev–Trinajstić information content (AvgIpc) is 3.32. The first-order valence-electron chi connectivity index (χ1n) is 9.81. The Morgan fingerprint density at radius 3 is 2.74 bits per heavy atom. The highest BCUT2D eigenvalue weighted by molar-refractivity contribution is 6.29. The fourth-order valence-corrected chi connectivity index (χ4v) is 3.82. The van der Waals surface area contributed by atoms with Gasteiger partial charge in [-0.25, -0.2) is 9.50 Å². The van der Waals surface area contributed by atoms with Gasteiger partial charge in [-0.15, -0.1) is 0 Å². The number of imidazole rings is 1. The van der Waals surface area contributed by atoms with E-state index in [1.807, 2.05) is 36.2 Å². The standard InChI is InChI=1S/C21H23ClN6O3/c1-26-9-8-15(21(26)30)24-20(29)17-11-23-19-16(10-18(22)25-28(17)19)27(2)12-13-4-6-14(31-3)7-5-13/h4-7,10-11,15H,8-9,12H2,1-3H3,(H,24,29)/t15-/m0/s1. The lowest BCUT2D eigenvalue weighted by molar-refractivity contribution is -0.128. The number of rotatable bonds is 6. The van der Waals surface area contributed by atoms with Gasteiger partial charge in [0.25, 0.3) is 5.91 Å². The van der Waals surface area contributed by atoms with Crippen molar-refractivity contribution in [2.75, 3.05) is 32.6 Å². The predicted octanol–water partition coefficient (Wildman–Crippen LogP) is 1.99. The van der Waals surface area contributed by atoms with Crippen molar-refractivity contribution >= 4 is 34.7 Å². The van der Waals surface area contributed by atoms with Crippen molar-refractivity contribution in [1.82, 2.24) is 24.8 Å². The van der Waals surface area contributed by atoms with Crippen molar-refractivity contribution in [1.29, 1.82) is 0 Å². The zero-order valence-corrected chi connectivity index (χ0v) is 18.3. The molecule has 162 valence electrons. The minimum atomic E-state index is -0.542. The van der Waals surface area contributed by atoms with Crippen LogP contribution in [0.25, 0.3) is 5.65 Å². The number of fused-ring (bicyclic) bond motifs is 1. The van der Waals surface area contributed by atoms with Crippen LogP contribution in [0.1, 0.15) is 22.5 Å². The van der Waals surface area contributed by atoms with Gasteiger partial charge in [0.15, 0.2) is 16.5 Å². The molecule has 1 aliphatic heterocycles. The number of aromatic nitrogens is 3. The number of nitrogens with zero attached hydrogens (tertiary/aromatic N) is 5. The van der Waals surface area contributed by atoms with E-state index >= 15 is 0 Å². The van der Waals surface area contributed by atoms with Gasteiger partial charge in [0.2, 0.25) is 5.91 Å². The summed E-state index contributed by atoms with van der Waals surface area (Å²) in [5.74, 6) is 0.268. The van der Waals surface area contributed by atoms with Gasteiger partial charge in [-0.05, 0) is 24.1 Å². The Hall–Kier alpha value is -3.33. The summed E-state index contributed by atoms with van der Waals surface area (Å²) in [5.41, 5.74) is 2.52. The van der Waals surface area contributed by atoms with Crippen LogP contribution >= 0.6 is 11.6 Å². The molecule has 0 aliphatic carbocycles. The van der Waals surface area contributed by atoms with Crippen LogP contribution in [0.15, 0.2) is 36.5 Å². The maximum atomic E-state index is 12.8. The van der Waals surface area contributed by atoms with Crippen LogP contribution in [-0.4, -0.2) is 65.1 Å². The van der Waals surface area contributed by atoms with E-state index in [4.69, 9.17) is 16.3 Å². The molecule has 3 heterocycles. The summed E-state index contributed by atoms with van der Waals surface area (Å²) in [7, 11) is 5.26. The number of likely N-dealkylation sites (tertiary alicyclic amines) is 1. The fourth-order valence-electron chi connectivity index (χ4n) is 3.64.